The van der Waals surface area contributed by atoms with Crippen LogP contribution < -0.4 is 0 Å². The van der Waals surface area contributed by atoms with Crippen LogP contribution >= 0.6 is 0 Å². The van der Waals surface area contributed by atoms with Crippen molar-refractivity contribution in [3.8, 4) is 0 Å². The van der Waals surface area contributed by atoms with Crippen LogP contribution in [0.15, 0.2) is 18.1 Å². The number of hydrogen-bond acceptors (Lipinski definition) is 0. The zero-order valence-electron chi connectivity index (χ0n) is 6.72. The summed E-state index contributed by atoms with van der Waals surface area (Å²) in [5, 5.41) is 0. The van der Waals surface area contributed by atoms with Crippen molar-refractivity contribution < 1.29 is 0 Å². The van der Waals surface area contributed by atoms with Crippen molar-refractivity contribution in [1.82, 2.24) is 0 Å². The molecule has 0 atom stereocenters. The molecule has 0 bridgehead atoms. The monoisotopic (exact) mass is 132 g/mol. The molecule has 1 aromatic rings. The first-order valence-electron chi connectivity index (χ1n) is 3.94. The van der Waals surface area contributed by atoms with Crippen molar-refractivity contribution in [3.05, 3.63) is 29.1 Å². The van der Waals surface area contributed by atoms with Crippen LogP contribution in [0.3, 0.4) is 0 Å². The molecule has 0 fully saturated rings. The van der Waals surface area contributed by atoms with Gasteiger partial charge in [0.1, 0.15) is 0 Å². The fourth-order valence-electron chi connectivity index (χ4n) is 1.07. The minimum absolute atomic E-state index is 1.15. The predicted octanol–water partition coefficient (Wildman–Crippen LogP) is 2.15. The van der Waals surface area contributed by atoms with Gasteiger partial charge in [0, 0.05) is 0 Å². The first-order valence-corrected chi connectivity index (χ1v) is 3.94. The Bertz CT molecular complexity index is 186. The summed E-state index contributed by atoms with van der Waals surface area (Å²) in [6, 6.07) is 4.46. The van der Waals surface area contributed by atoms with Crippen LogP contribution in [-0.2, 0) is 12.8 Å². The fraction of sp³-hybridized carbons (Fsp3) is 0.444. The van der Waals surface area contributed by atoms with Gasteiger partial charge in [-0.05, 0) is 0 Å². The Balaban J connectivity index is 2.87. The van der Waals surface area contributed by atoms with E-state index in [1.165, 1.54) is 11.0 Å². The molecule has 1 aromatic heterocycles. The molecular weight excluding hydrogens is 119 g/mol. The van der Waals surface area contributed by atoms with E-state index in [1.54, 1.807) is 0 Å². The number of aryl methyl sites for hydroxylation is 2. The molecule has 0 aliphatic rings. The first-order chi connectivity index (χ1) is 4.86. The van der Waals surface area contributed by atoms with Gasteiger partial charge in [-0.3, -0.25) is 0 Å². The molecule has 0 radical (unpaired) electrons. The van der Waals surface area contributed by atoms with E-state index >= 15 is 0 Å². The standard InChI is InChI=1S/C9H13B/c1-3-8-5-6-10-9(4-2)7-8/h5-7H,3-4H2,1-2H3. The molecule has 1 heterocycles. The van der Waals surface area contributed by atoms with Crippen LogP contribution in [0.5, 0.6) is 0 Å². The van der Waals surface area contributed by atoms with Crippen molar-refractivity contribution in [1.29, 1.82) is 0 Å². The Hall–Kier alpha value is -0.585. The van der Waals surface area contributed by atoms with Crippen molar-refractivity contribution in [2.45, 2.75) is 26.7 Å². The quantitative estimate of drug-likeness (QED) is 0.578. The maximum atomic E-state index is 2.28. The molecule has 0 N–H and O–H groups in total. The van der Waals surface area contributed by atoms with Gasteiger partial charge in [-0.15, -0.1) is 0 Å². The number of hydrogen-bond donors (Lipinski definition) is 0. The van der Waals surface area contributed by atoms with Crippen molar-refractivity contribution in [2.24, 2.45) is 0 Å². The van der Waals surface area contributed by atoms with Crippen LogP contribution in [0.4, 0.5) is 0 Å². The molecule has 0 saturated heterocycles. The molecule has 0 nitrogen and oxygen atoms in total. The third-order valence-electron chi connectivity index (χ3n) is 1.81. The summed E-state index contributed by atoms with van der Waals surface area (Å²) in [6.07, 6.45) is 2.29. The van der Waals surface area contributed by atoms with Crippen LogP contribution in [0.2, 0.25) is 0 Å². The van der Waals surface area contributed by atoms with Gasteiger partial charge in [0.05, 0.1) is 0 Å². The van der Waals surface area contributed by atoms with E-state index in [1.807, 2.05) is 0 Å². The van der Waals surface area contributed by atoms with E-state index in [0.717, 1.165) is 12.8 Å². The van der Waals surface area contributed by atoms with E-state index in [-0.39, 0.29) is 0 Å². The fourth-order valence-corrected chi connectivity index (χ4v) is 1.07. The Labute approximate surface area is 63.5 Å². The molecule has 0 aliphatic carbocycles. The molecule has 0 saturated carbocycles. The summed E-state index contributed by atoms with van der Waals surface area (Å²) in [7, 11) is 0. The molecule has 10 heavy (non-hydrogen) atoms. The third kappa shape index (κ3) is 1.70. The summed E-state index contributed by atoms with van der Waals surface area (Å²) in [6.45, 7) is 6.56. The van der Waals surface area contributed by atoms with Crippen LogP contribution in [0.25, 0.3) is 0 Å². The average molecular weight is 132 g/mol. The summed E-state index contributed by atoms with van der Waals surface area (Å²) in [5.74, 6) is 2.14. The van der Waals surface area contributed by atoms with Gasteiger partial charge >= 0.3 is 62.7 Å². The van der Waals surface area contributed by atoms with Gasteiger partial charge in [-0.2, -0.15) is 0 Å². The molecule has 0 unspecified atom stereocenters. The second-order valence-corrected chi connectivity index (χ2v) is 2.53. The zero-order valence-corrected chi connectivity index (χ0v) is 6.72. The Morgan fingerprint density at radius 1 is 1.30 bits per heavy atom. The van der Waals surface area contributed by atoms with E-state index < -0.39 is 0 Å². The van der Waals surface area contributed by atoms with Crippen LogP contribution in [0, 0.1) is 0 Å². The summed E-state index contributed by atoms with van der Waals surface area (Å²) in [5.41, 5.74) is 2.89. The minimum atomic E-state index is 1.15. The third-order valence-corrected chi connectivity index (χ3v) is 1.81. The molecule has 52 valence electrons. The summed E-state index contributed by atoms with van der Waals surface area (Å²) < 4.78 is 0. The topological polar surface area (TPSA) is 0 Å². The Morgan fingerprint density at radius 2 is 2.10 bits per heavy atom. The van der Waals surface area contributed by atoms with E-state index in [4.69, 9.17) is 0 Å². The summed E-state index contributed by atoms with van der Waals surface area (Å²) in [4.78, 5) is 0. The van der Waals surface area contributed by atoms with E-state index in [2.05, 4.69) is 38.9 Å². The molecule has 0 aromatic carbocycles. The first kappa shape index (κ1) is 7.52. The maximum absolute atomic E-state index is 2.28. The van der Waals surface area contributed by atoms with E-state index in [0.29, 0.717) is 0 Å². The van der Waals surface area contributed by atoms with Crippen LogP contribution in [0.1, 0.15) is 24.9 Å². The average Bonchev–Trinajstić information content (AvgIpc) is 2.05. The normalized spacial score (nSPS) is 9.40. The van der Waals surface area contributed by atoms with Gasteiger partial charge in [-0.1, -0.05) is 0 Å². The molecule has 0 aliphatic heterocycles. The molecule has 0 spiro atoms. The zero-order chi connectivity index (χ0) is 7.40. The number of rotatable bonds is 2. The molecular formula is C9H13B. The van der Waals surface area contributed by atoms with Gasteiger partial charge in [0.15, 0.2) is 0 Å². The molecule has 1 heteroatoms. The van der Waals surface area contributed by atoms with Crippen molar-refractivity contribution in [3.63, 3.8) is 0 Å². The van der Waals surface area contributed by atoms with Crippen molar-refractivity contribution >= 4 is 6.91 Å². The SMILES string of the molecule is CCc1bccc(CC)c1. The van der Waals surface area contributed by atoms with Crippen molar-refractivity contribution in [2.75, 3.05) is 0 Å². The second kappa shape index (κ2) is 3.55. The van der Waals surface area contributed by atoms with Gasteiger partial charge < -0.3 is 0 Å². The van der Waals surface area contributed by atoms with Crippen LogP contribution in [-0.4, -0.2) is 6.91 Å². The van der Waals surface area contributed by atoms with Gasteiger partial charge in [0.25, 0.3) is 0 Å². The Morgan fingerprint density at radius 3 is 2.70 bits per heavy atom. The molecule has 1 rings (SSSR count). The van der Waals surface area contributed by atoms with E-state index in [9.17, 15) is 0 Å². The molecule has 0 amide bonds. The van der Waals surface area contributed by atoms with Gasteiger partial charge in [-0.25, -0.2) is 0 Å². The summed E-state index contributed by atoms with van der Waals surface area (Å²) >= 11 is 0. The van der Waals surface area contributed by atoms with Gasteiger partial charge in [0.2, 0.25) is 0 Å². The second-order valence-electron chi connectivity index (χ2n) is 2.53. The predicted molar refractivity (Wildman–Crippen MR) is 46.5 cm³/mol. The Kier molecular flexibility index (Phi) is 2.67.